The first kappa shape index (κ1) is 16.7. The summed E-state index contributed by atoms with van der Waals surface area (Å²) in [5, 5.41) is 26.5. The van der Waals surface area contributed by atoms with Crippen LogP contribution in [0.5, 0.6) is 11.5 Å². The van der Waals surface area contributed by atoms with Gasteiger partial charge in [-0.3, -0.25) is 0 Å². The number of hydrogen-bond acceptors (Lipinski definition) is 3. The molecule has 0 fully saturated rings. The van der Waals surface area contributed by atoms with Crippen LogP contribution in [0.15, 0.2) is 36.4 Å². The number of phenols is 2. The maximum Gasteiger partial charge on any atom is 0.170 e. The van der Waals surface area contributed by atoms with E-state index >= 15 is 0 Å². The second-order valence-electron chi connectivity index (χ2n) is 4.57. The van der Waals surface area contributed by atoms with Crippen molar-refractivity contribution in [3.8, 4) is 11.5 Å². The Morgan fingerprint density at radius 2 is 1.86 bits per heavy atom. The summed E-state index contributed by atoms with van der Waals surface area (Å²) in [6.07, 6.45) is 0.505. The molecular weight excluding hydrogens is 343 g/mol. The monoisotopic (exact) mass is 356 g/mol. The Morgan fingerprint density at radius 3 is 2.64 bits per heavy atom. The lowest BCUT2D eigenvalue weighted by molar-refractivity contribution is 0.454. The molecule has 0 aliphatic heterocycles. The fourth-order valence-electron chi connectivity index (χ4n) is 1.84. The number of aromatic hydroxyl groups is 2. The van der Waals surface area contributed by atoms with E-state index in [9.17, 15) is 10.2 Å². The molecule has 0 amide bonds. The molecule has 0 bridgehead atoms. The molecule has 0 unspecified atom stereocenters. The summed E-state index contributed by atoms with van der Waals surface area (Å²) in [6.45, 7) is 0.487. The number of rotatable bonds is 4. The lowest BCUT2D eigenvalue weighted by atomic mass is 10.1. The number of benzene rings is 2. The van der Waals surface area contributed by atoms with Gasteiger partial charge in [-0.05, 0) is 60.6 Å². The number of thiocarbonyl (C=S) groups is 1. The van der Waals surface area contributed by atoms with Gasteiger partial charge in [0, 0.05) is 11.6 Å². The van der Waals surface area contributed by atoms with Gasteiger partial charge in [-0.15, -0.1) is 0 Å². The van der Waals surface area contributed by atoms with Crippen LogP contribution in [0.4, 0.5) is 5.69 Å². The van der Waals surface area contributed by atoms with Crippen LogP contribution in [0, 0.1) is 0 Å². The van der Waals surface area contributed by atoms with Crippen molar-refractivity contribution < 1.29 is 10.2 Å². The molecule has 0 saturated heterocycles. The molecule has 2 aromatic carbocycles. The van der Waals surface area contributed by atoms with Crippen LogP contribution in [0.2, 0.25) is 10.0 Å². The van der Waals surface area contributed by atoms with E-state index < -0.39 is 0 Å². The fourth-order valence-corrected chi connectivity index (χ4v) is 2.39. The minimum absolute atomic E-state index is 0.110. The van der Waals surface area contributed by atoms with Gasteiger partial charge in [-0.2, -0.15) is 0 Å². The summed E-state index contributed by atoms with van der Waals surface area (Å²) in [4.78, 5) is 0. The first-order valence-electron chi connectivity index (χ1n) is 6.46. The Balaban J connectivity index is 1.88. The summed E-state index contributed by atoms with van der Waals surface area (Å²) in [5.41, 5.74) is 1.25. The minimum atomic E-state index is 0.110. The highest BCUT2D eigenvalue weighted by atomic mass is 35.5. The predicted molar refractivity (Wildman–Crippen MR) is 94.2 cm³/mol. The van der Waals surface area contributed by atoms with Crippen molar-refractivity contribution in [3.63, 3.8) is 0 Å². The minimum Gasteiger partial charge on any atom is -0.508 e. The predicted octanol–water partition coefficient (Wildman–Crippen LogP) is 3.93. The zero-order chi connectivity index (χ0) is 16.1. The molecule has 0 aliphatic rings. The molecule has 2 aromatic rings. The summed E-state index contributed by atoms with van der Waals surface area (Å²) in [5.74, 6) is 0.246. The standard InChI is InChI=1S/C15H14Cl2N2O2S/c16-10-1-3-12(17)13(8-10)19-15(22)18-6-5-9-7-11(20)2-4-14(9)21/h1-4,7-8,20-21H,5-6H2,(H2,18,19,22). The molecule has 0 aliphatic carbocycles. The molecule has 4 N–H and O–H groups in total. The van der Waals surface area contributed by atoms with Gasteiger partial charge in [0.05, 0.1) is 10.7 Å². The van der Waals surface area contributed by atoms with E-state index in [1.165, 1.54) is 18.2 Å². The van der Waals surface area contributed by atoms with Gasteiger partial charge in [0.15, 0.2) is 5.11 Å². The first-order valence-corrected chi connectivity index (χ1v) is 7.63. The third-order valence-electron chi connectivity index (χ3n) is 2.92. The molecular formula is C15H14Cl2N2O2S. The number of halogens is 2. The van der Waals surface area contributed by atoms with Crippen molar-refractivity contribution in [1.29, 1.82) is 0 Å². The maximum atomic E-state index is 9.68. The summed E-state index contributed by atoms with van der Waals surface area (Å²) >= 11 is 17.1. The first-order chi connectivity index (χ1) is 10.5. The van der Waals surface area contributed by atoms with Gasteiger partial charge in [-0.1, -0.05) is 23.2 Å². The molecule has 2 rings (SSSR count). The van der Waals surface area contributed by atoms with Gasteiger partial charge >= 0.3 is 0 Å². The van der Waals surface area contributed by atoms with E-state index in [0.29, 0.717) is 39.4 Å². The normalized spacial score (nSPS) is 10.3. The van der Waals surface area contributed by atoms with Crippen LogP contribution >= 0.6 is 35.4 Å². The Labute approximate surface area is 143 Å². The van der Waals surface area contributed by atoms with Crippen molar-refractivity contribution in [2.75, 3.05) is 11.9 Å². The quantitative estimate of drug-likeness (QED) is 0.493. The molecule has 0 atom stereocenters. The smallest absolute Gasteiger partial charge is 0.170 e. The fraction of sp³-hybridized carbons (Fsp3) is 0.133. The zero-order valence-electron chi connectivity index (χ0n) is 11.4. The van der Waals surface area contributed by atoms with Crippen molar-refractivity contribution in [1.82, 2.24) is 5.32 Å². The van der Waals surface area contributed by atoms with Crippen LogP contribution in [0.1, 0.15) is 5.56 Å². The van der Waals surface area contributed by atoms with Crippen LogP contribution in [-0.4, -0.2) is 21.9 Å². The Hall–Kier alpha value is -1.69. The Morgan fingerprint density at radius 1 is 1.09 bits per heavy atom. The molecule has 0 saturated carbocycles. The zero-order valence-corrected chi connectivity index (χ0v) is 13.8. The highest BCUT2D eigenvalue weighted by Gasteiger charge is 2.05. The Kier molecular flexibility index (Phi) is 5.71. The largest absolute Gasteiger partial charge is 0.508 e. The number of phenolic OH excluding ortho intramolecular Hbond substituents is 2. The topological polar surface area (TPSA) is 64.5 Å². The third kappa shape index (κ3) is 4.66. The third-order valence-corrected chi connectivity index (χ3v) is 3.73. The van der Waals surface area contributed by atoms with Crippen molar-refractivity contribution in [3.05, 3.63) is 52.0 Å². The molecule has 0 aromatic heterocycles. The number of anilines is 1. The molecule has 0 spiro atoms. The van der Waals surface area contributed by atoms with Gasteiger partial charge in [0.25, 0.3) is 0 Å². The summed E-state index contributed by atoms with van der Waals surface area (Å²) in [7, 11) is 0. The molecule has 116 valence electrons. The average molecular weight is 357 g/mol. The van der Waals surface area contributed by atoms with Gasteiger partial charge in [0.2, 0.25) is 0 Å². The molecule has 22 heavy (non-hydrogen) atoms. The van der Waals surface area contributed by atoms with Crippen LogP contribution in [-0.2, 0) is 6.42 Å². The van der Waals surface area contributed by atoms with Crippen LogP contribution < -0.4 is 10.6 Å². The van der Waals surface area contributed by atoms with E-state index in [2.05, 4.69) is 10.6 Å². The maximum absolute atomic E-state index is 9.68. The van der Waals surface area contributed by atoms with E-state index in [1.807, 2.05) is 0 Å². The van der Waals surface area contributed by atoms with E-state index in [1.54, 1.807) is 18.2 Å². The van der Waals surface area contributed by atoms with E-state index in [-0.39, 0.29) is 11.5 Å². The Bertz CT molecular complexity index is 695. The number of nitrogens with one attached hydrogen (secondary N) is 2. The van der Waals surface area contributed by atoms with E-state index in [0.717, 1.165) is 0 Å². The summed E-state index contributed by atoms with van der Waals surface area (Å²) < 4.78 is 0. The molecule has 0 heterocycles. The second kappa shape index (κ2) is 7.54. The molecule has 4 nitrogen and oxygen atoms in total. The van der Waals surface area contributed by atoms with Crippen molar-refractivity contribution in [2.45, 2.75) is 6.42 Å². The lowest BCUT2D eigenvalue weighted by Gasteiger charge is -2.12. The number of hydrogen-bond donors (Lipinski definition) is 4. The van der Waals surface area contributed by atoms with E-state index in [4.69, 9.17) is 35.4 Å². The van der Waals surface area contributed by atoms with Gasteiger partial charge < -0.3 is 20.8 Å². The highest BCUT2D eigenvalue weighted by molar-refractivity contribution is 7.80. The second-order valence-corrected chi connectivity index (χ2v) is 5.82. The molecule has 7 heteroatoms. The van der Waals surface area contributed by atoms with Gasteiger partial charge in [0.1, 0.15) is 11.5 Å². The van der Waals surface area contributed by atoms with Gasteiger partial charge in [-0.25, -0.2) is 0 Å². The SMILES string of the molecule is Oc1ccc(O)c(CCNC(=S)Nc2cc(Cl)ccc2Cl)c1. The average Bonchev–Trinajstić information content (AvgIpc) is 2.46. The van der Waals surface area contributed by atoms with Crippen LogP contribution in [0.25, 0.3) is 0 Å². The van der Waals surface area contributed by atoms with Crippen molar-refractivity contribution in [2.24, 2.45) is 0 Å². The van der Waals surface area contributed by atoms with Crippen LogP contribution in [0.3, 0.4) is 0 Å². The summed E-state index contributed by atoms with van der Waals surface area (Å²) in [6, 6.07) is 9.45. The highest BCUT2D eigenvalue weighted by Crippen LogP contribution is 2.25. The lowest BCUT2D eigenvalue weighted by Crippen LogP contribution is -2.30. The molecule has 0 radical (unpaired) electrons. The van der Waals surface area contributed by atoms with Crippen molar-refractivity contribution >= 4 is 46.2 Å².